The molecule has 1 heterocycles. The van der Waals surface area contributed by atoms with Gasteiger partial charge in [-0.1, -0.05) is 59.5 Å². The van der Waals surface area contributed by atoms with Gasteiger partial charge in [0, 0.05) is 11.0 Å². The zero-order chi connectivity index (χ0) is 18.0. The van der Waals surface area contributed by atoms with Crippen LogP contribution >= 0.6 is 35.7 Å². The first-order valence-corrected chi connectivity index (χ1v) is 9.24. The zero-order valence-corrected chi connectivity index (χ0v) is 15.5. The number of benzene rings is 2. The number of hydrogen-bond acceptors (Lipinski definition) is 6. The van der Waals surface area contributed by atoms with Crippen LogP contribution < -0.4 is 5.32 Å². The standard InChI is InChI=1S/C17H12N2O3S3/c1-10-2-5-12(6-3-10)24-14-7-4-11(8-13(14)19(21)22)9-15-16(20)18-17(23)25-15/h2-9H,1H3,(H,18,20,23)/b15-9+. The van der Waals surface area contributed by atoms with Crippen LogP contribution in [-0.4, -0.2) is 15.2 Å². The maximum absolute atomic E-state index is 11.7. The Morgan fingerprint density at radius 2 is 1.96 bits per heavy atom. The van der Waals surface area contributed by atoms with Gasteiger partial charge in [0.05, 0.1) is 14.7 Å². The van der Waals surface area contributed by atoms with Gasteiger partial charge in [0.1, 0.15) is 4.32 Å². The molecular formula is C17H12N2O3S3. The van der Waals surface area contributed by atoms with Crippen LogP contribution in [0.15, 0.2) is 57.2 Å². The number of carbonyl (C=O) groups excluding carboxylic acids is 1. The van der Waals surface area contributed by atoms with E-state index < -0.39 is 4.92 Å². The van der Waals surface area contributed by atoms with Gasteiger partial charge in [-0.25, -0.2) is 0 Å². The second-order valence-corrected chi connectivity index (χ2v) is 8.09. The second kappa shape index (κ2) is 7.38. The first-order chi connectivity index (χ1) is 11.9. The summed E-state index contributed by atoms with van der Waals surface area (Å²) in [6, 6.07) is 12.7. The Morgan fingerprint density at radius 3 is 2.56 bits per heavy atom. The van der Waals surface area contributed by atoms with Crippen molar-refractivity contribution in [1.29, 1.82) is 0 Å². The smallest absolute Gasteiger partial charge is 0.283 e. The molecule has 3 rings (SSSR count). The maximum atomic E-state index is 11.7. The fourth-order valence-corrected chi connectivity index (χ4v) is 4.10. The molecule has 0 aromatic heterocycles. The highest BCUT2D eigenvalue weighted by Gasteiger charge is 2.23. The predicted octanol–water partition coefficient (Wildman–Crippen LogP) is 4.54. The fraction of sp³-hybridized carbons (Fsp3) is 0.0588. The summed E-state index contributed by atoms with van der Waals surface area (Å²) < 4.78 is 0.386. The molecule has 25 heavy (non-hydrogen) atoms. The quantitative estimate of drug-likeness (QED) is 0.359. The Morgan fingerprint density at radius 1 is 1.24 bits per heavy atom. The Kier molecular flexibility index (Phi) is 5.22. The molecule has 5 nitrogen and oxygen atoms in total. The zero-order valence-electron chi connectivity index (χ0n) is 13.0. The number of nitro groups is 1. The molecule has 2 aromatic carbocycles. The van der Waals surface area contributed by atoms with Crippen molar-refractivity contribution in [3.8, 4) is 0 Å². The van der Waals surface area contributed by atoms with E-state index in [0.717, 1.165) is 22.2 Å². The average molecular weight is 388 g/mol. The van der Waals surface area contributed by atoms with Crippen LogP contribution in [0.2, 0.25) is 0 Å². The van der Waals surface area contributed by atoms with Gasteiger partial charge in [0.25, 0.3) is 11.6 Å². The van der Waals surface area contributed by atoms with Crippen LogP contribution in [0.5, 0.6) is 0 Å². The van der Waals surface area contributed by atoms with Crippen LogP contribution in [0.1, 0.15) is 11.1 Å². The van der Waals surface area contributed by atoms with E-state index in [9.17, 15) is 14.9 Å². The lowest BCUT2D eigenvalue weighted by molar-refractivity contribution is -0.387. The van der Waals surface area contributed by atoms with Crippen molar-refractivity contribution in [2.45, 2.75) is 16.7 Å². The van der Waals surface area contributed by atoms with Gasteiger partial charge in [0.2, 0.25) is 0 Å². The van der Waals surface area contributed by atoms with Crippen LogP contribution in [0.25, 0.3) is 6.08 Å². The Hall–Kier alpha value is -2.16. The lowest BCUT2D eigenvalue weighted by Gasteiger charge is -2.05. The molecule has 1 aliphatic rings. The number of thioether (sulfide) groups is 1. The molecule has 126 valence electrons. The van der Waals surface area contributed by atoms with Crippen molar-refractivity contribution in [2.24, 2.45) is 0 Å². The minimum absolute atomic E-state index is 0.00547. The second-order valence-electron chi connectivity index (χ2n) is 5.25. The van der Waals surface area contributed by atoms with Gasteiger partial charge in [-0.3, -0.25) is 14.9 Å². The molecule has 0 bridgehead atoms. The average Bonchev–Trinajstić information content (AvgIpc) is 2.88. The highest BCUT2D eigenvalue weighted by atomic mass is 32.2. The van der Waals surface area contributed by atoms with Crippen LogP contribution in [-0.2, 0) is 4.79 Å². The molecule has 0 aliphatic carbocycles. The van der Waals surface area contributed by atoms with Gasteiger partial charge < -0.3 is 5.32 Å². The lowest BCUT2D eigenvalue weighted by Crippen LogP contribution is -2.17. The number of thiocarbonyl (C=S) groups is 1. The fourth-order valence-electron chi connectivity index (χ4n) is 2.16. The lowest BCUT2D eigenvalue weighted by atomic mass is 10.2. The minimum Gasteiger partial charge on any atom is -0.307 e. The van der Waals surface area contributed by atoms with Crippen molar-refractivity contribution in [1.82, 2.24) is 5.32 Å². The molecule has 1 amide bonds. The summed E-state index contributed by atoms with van der Waals surface area (Å²) >= 11 is 7.42. The van der Waals surface area contributed by atoms with Crippen LogP contribution in [0, 0.1) is 17.0 Å². The van der Waals surface area contributed by atoms with E-state index in [1.165, 1.54) is 17.8 Å². The summed E-state index contributed by atoms with van der Waals surface area (Å²) in [7, 11) is 0. The van der Waals surface area contributed by atoms with Crippen LogP contribution in [0.4, 0.5) is 5.69 Å². The Bertz CT molecular complexity index is 908. The third-order valence-corrected chi connectivity index (χ3v) is 5.60. The number of nitro benzene ring substituents is 1. The number of aryl methyl sites for hydroxylation is 1. The summed E-state index contributed by atoms with van der Waals surface area (Å²) in [5.74, 6) is -0.282. The summed E-state index contributed by atoms with van der Waals surface area (Å²) in [6.45, 7) is 1.99. The largest absolute Gasteiger partial charge is 0.307 e. The predicted molar refractivity (Wildman–Crippen MR) is 105 cm³/mol. The van der Waals surface area contributed by atoms with Gasteiger partial charge in [-0.2, -0.15) is 0 Å². The molecule has 1 N–H and O–H groups in total. The monoisotopic (exact) mass is 388 g/mol. The van der Waals surface area contributed by atoms with Crippen molar-refractivity contribution in [2.75, 3.05) is 0 Å². The Labute approximate surface area is 158 Å². The first kappa shape index (κ1) is 17.7. The summed E-state index contributed by atoms with van der Waals surface area (Å²) in [5.41, 5.74) is 1.72. The topological polar surface area (TPSA) is 72.2 Å². The van der Waals surface area contributed by atoms with Crippen LogP contribution in [0.3, 0.4) is 0 Å². The highest BCUT2D eigenvalue weighted by molar-refractivity contribution is 8.26. The third kappa shape index (κ3) is 4.28. The molecule has 0 unspecified atom stereocenters. The van der Waals surface area contributed by atoms with E-state index in [1.54, 1.807) is 18.2 Å². The molecular weight excluding hydrogens is 376 g/mol. The highest BCUT2D eigenvalue weighted by Crippen LogP contribution is 2.36. The number of hydrogen-bond donors (Lipinski definition) is 1. The number of carbonyl (C=O) groups is 1. The van der Waals surface area contributed by atoms with Crippen molar-refractivity contribution < 1.29 is 9.72 Å². The molecule has 0 saturated carbocycles. The molecule has 0 atom stereocenters. The molecule has 2 aromatic rings. The van der Waals surface area contributed by atoms with Gasteiger partial charge >= 0.3 is 0 Å². The molecule has 8 heteroatoms. The SMILES string of the molecule is Cc1ccc(Sc2ccc(/C=C3/SC(=S)NC3=O)cc2[N+](=O)[O-])cc1. The minimum atomic E-state index is -0.412. The van der Waals surface area contributed by atoms with E-state index in [2.05, 4.69) is 5.32 Å². The summed E-state index contributed by atoms with van der Waals surface area (Å²) in [4.78, 5) is 24.7. The van der Waals surface area contributed by atoms with E-state index in [4.69, 9.17) is 12.2 Å². The van der Waals surface area contributed by atoms with E-state index in [0.29, 0.717) is 19.7 Å². The maximum Gasteiger partial charge on any atom is 0.283 e. The van der Waals surface area contributed by atoms with Gasteiger partial charge in [0.15, 0.2) is 0 Å². The van der Waals surface area contributed by atoms with Gasteiger partial charge in [-0.05, 0) is 36.8 Å². The van der Waals surface area contributed by atoms with Crippen molar-refractivity contribution in [3.05, 3.63) is 68.6 Å². The number of amides is 1. The van der Waals surface area contributed by atoms with E-state index in [-0.39, 0.29) is 11.6 Å². The number of rotatable bonds is 4. The molecule has 0 spiro atoms. The molecule has 0 radical (unpaired) electrons. The van der Waals surface area contributed by atoms with Gasteiger partial charge in [-0.15, -0.1) is 0 Å². The number of nitrogens with zero attached hydrogens (tertiary/aromatic N) is 1. The molecule has 1 fully saturated rings. The molecule has 1 saturated heterocycles. The van der Waals surface area contributed by atoms with Crippen molar-refractivity contribution in [3.63, 3.8) is 0 Å². The number of nitrogens with one attached hydrogen (secondary N) is 1. The first-order valence-electron chi connectivity index (χ1n) is 7.20. The summed E-state index contributed by atoms with van der Waals surface area (Å²) in [5, 5.41) is 14.0. The normalized spacial score (nSPS) is 15.5. The molecule has 1 aliphatic heterocycles. The third-order valence-electron chi connectivity index (χ3n) is 3.37. The summed E-state index contributed by atoms with van der Waals surface area (Å²) in [6.07, 6.45) is 1.60. The Balaban J connectivity index is 1.92. The van der Waals surface area contributed by atoms with E-state index in [1.807, 2.05) is 31.2 Å². The van der Waals surface area contributed by atoms with Crippen molar-refractivity contribution >= 4 is 57.7 Å². The van der Waals surface area contributed by atoms with E-state index >= 15 is 0 Å².